The SMILES string of the molecule is CC(=O)N1CCCC1N(NC(=O)OCC(Cl)(Cl)Cl)C(=O)OCC(Cl)(Cl)Cl. The fourth-order valence-corrected chi connectivity index (χ4v) is 2.45. The first-order valence-electron chi connectivity index (χ1n) is 7.10. The van der Waals surface area contributed by atoms with E-state index >= 15 is 0 Å². The molecule has 0 aliphatic carbocycles. The lowest BCUT2D eigenvalue weighted by Gasteiger charge is -2.33. The zero-order chi connectivity index (χ0) is 20.1. The number of amides is 3. The number of ether oxygens (including phenoxy) is 2. The van der Waals surface area contributed by atoms with Gasteiger partial charge in [0.2, 0.25) is 13.5 Å². The molecule has 1 fully saturated rings. The number of nitrogens with one attached hydrogen (secondary N) is 1. The van der Waals surface area contributed by atoms with Gasteiger partial charge in [-0.05, 0) is 12.8 Å². The van der Waals surface area contributed by atoms with Gasteiger partial charge in [0.25, 0.3) is 0 Å². The molecule has 0 aromatic rings. The van der Waals surface area contributed by atoms with Gasteiger partial charge in [0.15, 0.2) is 0 Å². The van der Waals surface area contributed by atoms with Crippen molar-refractivity contribution < 1.29 is 23.9 Å². The van der Waals surface area contributed by atoms with Crippen LogP contribution in [0.5, 0.6) is 0 Å². The third kappa shape index (κ3) is 8.63. The lowest BCUT2D eigenvalue weighted by molar-refractivity contribution is -0.133. The van der Waals surface area contributed by atoms with Crippen molar-refractivity contribution in [3.63, 3.8) is 0 Å². The molecule has 1 heterocycles. The Labute approximate surface area is 179 Å². The number of carbonyl (C=O) groups excluding carboxylic acids is 3. The summed E-state index contributed by atoms with van der Waals surface area (Å²) in [5, 5.41) is 0.769. The van der Waals surface area contributed by atoms with Crippen LogP contribution in [0.4, 0.5) is 9.59 Å². The molecule has 0 bridgehead atoms. The number of hydrogen-bond donors (Lipinski definition) is 1. The van der Waals surface area contributed by atoms with Gasteiger partial charge in [-0.1, -0.05) is 69.6 Å². The van der Waals surface area contributed by atoms with Gasteiger partial charge in [-0.25, -0.2) is 15.0 Å². The van der Waals surface area contributed by atoms with Gasteiger partial charge in [-0.15, -0.1) is 0 Å². The summed E-state index contributed by atoms with van der Waals surface area (Å²) >= 11 is 33.1. The highest BCUT2D eigenvalue weighted by atomic mass is 35.6. The van der Waals surface area contributed by atoms with Crippen LogP contribution < -0.4 is 5.43 Å². The van der Waals surface area contributed by atoms with E-state index in [1.54, 1.807) is 0 Å². The number of alkyl halides is 6. The molecule has 0 saturated carbocycles. The first-order valence-corrected chi connectivity index (χ1v) is 9.37. The van der Waals surface area contributed by atoms with Crippen LogP contribution in [0.1, 0.15) is 19.8 Å². The van der Waals surface area contributed by atoms with Crippen LogP contribution in [0.15, 0.2) is 0 Å². The molecule has 1 aliphatic heterocycles. The molecule has 14 heteroatoms. The number of rotatable bonds is 3. The maximum absolute atomic E-state index is 12.3. The van der Waals surface area contributed by atoms with Gasteiger partial charge in [-0.2, -0.15) is 5.01 Å². The highest BCUT2D eigenvalue weighted by Gasteiger charge is 2.38. The molecule has 0 aromatic carbocycles. The Hall–Kier alpha value is -0.250. The van der Waals surface area contributed by atoms with Gasteiger partial charge >= 0.3 is 12.2 Å². The molecule has 1 N–H and O–H groups in total. The second-order valence-corrected chi connectivity index (χ2v) is 10.2. The summed E-state index contributed by atoms with van der Waals surface area (Å²) in [6.07, 6.45) is -1.98. The van der Waals surface area contributed by atoms with E-state index in [1.807, 2.05) is 0 Å². The number of hydrogen-bond acceptors (Lipinski definition) is 5. The molecule has 1 saturated heterocycles. The molecule has 0 aromatic heterocycles. The Morgan fingerprint density at radius 3 is 2.12 bits per heavy atom. The summed E-state index contributed by atoms with van der Waals surface area (Å²) in [5.74, 6) is -0.303. The van der Waals surface area contributed by atoms with Crippen molar-refractivity contribution in [3.05, 3.63) is 0 Å². The average molecular weight is 494 g/mol. The van der Waals surface area contributed by atoms with Crippen LogP contribution in [-0.4, -0.2) is 61.5 Å². The van der Waals surface area contributed by atoms with E-state index in [-0.39, 0.29) is 5.91 Å². The van der Waals surface area contributed by atoms with Crippen molar-refractivity contribution in [1.82, 2.24) is 15.3 Å². The van der Waals surface area contributed by atoms with Crippen molar-refractivity contribution in [2.45, 2.75) is 33.5 Å². The molecule has 150 valence electrons. The van der Waals surface area contributed by atoms with Gasteiger partial charge in [0, 0.05) is 13.5 Å². The third-order valence-corrected chi connectivity index (χ3v) is 3.71. The molecule has 8 nitrogen and oxygen atoms in total. The minimum atomic E-state index is -1.85. The van der Waals surface area contributed by atoms with Crippen LogP contribution in [0, 0.1) is 0 Å². The Morgan fingerprint density at radius 2 is 1.62 bits per heavy atom. The van der Waals surface area contributed by atoms with E-state index in [0.717, 1.165) is 5.01 Å². The quantitative estimate of drug-likeness (QED) is 0.477. The standard InChI is InChI=1S/C12H15Cl6N3O5/c1-7(22)20-4-2-3-8(20)21(10(24)26-6-12(16,17)18)19-9(23)25-5-11(13,14)15/h8H,2-6H2,1H3,(H,19,23). The third-order valence-electron chi connectivity index (χ3n) is 3.06. The van der Waals surface area contributed by atoms with Gasteiger partial charge < -0.3 is 14.4 Å². The Bertz CT molecular complexity index is 538. The largest absolute Gasteiger partial charge is 0.444 e. The molecule has 1 unspecified atom stereocenters. The second kappa shape index (κ2) is 9.80. The van der Waals surface area contributed by atoms with Gasteiger partial charge in [-0.3, -0.25) is 4.79 Å². The molecule has 1 rings (SSSR count). The number of nitrogens with zero attached hydrogens (tertiary/aromatic N) is 2. The maximum atomic E-state index is 12.3. The Morgan fingerprint density at radius 1 is 1.08 bits per heavy atom. The number of hydrazine groups is 1. The minimum Gasteiger partial charge on any atom is -0.444 e. The van der Waals surface area contributed by atoms with Gasteiger partial charge in [0.05, 0.1) is 0 Å². The number of likely N-dealkylation sites (tertiary alicyclic amines) is 1. The van der Waals surface area contributed by atoms with E-state index in [9.17, 15) is 14.4 Å². The van der Waals surface area contributed by atoms with E-state index in [4.69, 9.17) is 79.1 Å². The van der Waals surface area contributed by atoms with Crippen LogP contribution >= 0.6 is 69.6 Å². The molecule has 1 atom stereocenters. The average Bonchev–Trinajstić information content (AvgIpc) is 2.96. The summed E-state index contributed by atoms with van der Waals surface area (Å²) < 4.78 is 5.88. The van der Waals surface area contributed by atoms with Crippen molar-refractivity contribution in [2.24, 2.45) is 0 Å². The monoisotopic (exact) mass is 491 g/mol. The molecular weight excluding hydrogens is 479 g/mol. The second-order valence-electron chi connectivity index (χ2n) is 5.18. The van der Waals surface area contributed by atoms with Gasteiger partial charge in [0.1, 0.15) is 19.4 Å². The van der Waals surface area contributed by atoms with E-state index < -0.39 is 39.2 Å². The van der Waals surface area contributed by atoms with Crippen LogP contribution in [0.3, 0.4) is 0 Å². The normalized spacial score (nSPS) is 17.7. The molecular formula is C12H15Cl6N3O5. The van der Waals surface area contributed by atoms with E-state index in [0.29, 0.717) is 19.4 Å². The topological polar surface area (TPSA) is 88.2 Å². The van der Waals surface area contributed by atoms with Crippen molar-refractivity contribution in [1.29, 1.82) is 0 Å². The first kappa shape index (κ1) is 23.8. The Kier molecular flexibility index (Phi) is 8.96. The molecule has 26 heavy (non-hydrogen) atoms. The van der Waals surface area contributed by atoms with Crippen molar-refractivity contribution in [2.75, 3.05) is 19.8 Å². The zero-order valence-corrected chi connectivity index (χ0v) is 17.9. The molecule has 0 radical (unpaired) electrons. The number of carbonyl (C=O) groups is 3. The summed E-state index contributed by atoms with van der Waals surface area (Å²) in [6, 6.07) is 0. The fraction of sp³-hybridized carbons (Fsp3) is 0.750. The highest BCUT2D eigenvalue weighted by Crippen LogP contribution is 2.28. The maximum Gasteiger partial charge on any atom is 0.430 e. The molecule has 3 amide bonds. The van der Waals surface area contributed by atoms with Crippen LogP contribution in [0.25, 0.3) is 0 Å². The predicted octanol–water partition coefficient (Wildman–Crippen LogP) is 3.78. The smallest absolute Gasteiger partial charge is 0.430 e. The lowest BCUT2D eigenvalue weighted by Crippen LogP contribution is -2.57. The molecule has 0 spiro atoms. The van der Waals surface area contributed by atoms with E-state index in [1.165, 1.54) is 11.8 Å². The lowest BCUT2D eigenvalue weighted by atomic mass is 10.3. The number of halogens is 6. The molecule has 1 aliphatic rings. The fourth-order valence-electron chi connectivity index (χ4n) is 2.12. The van der Waals surface area contributed by atoms with Crippen molar-refractivity contribution >= 4 is 87.7 Å². The minimum absolute atomic E-state index is 0.303. The predicted molar refractivity (Wildman–Crippen MR) is 98.7 cm³/mol. The summed E-state index contributed by atoms with van der Waals surface area (Å²) in [7, 11) is 0. The van der Waals surface area contributed by atoms with Crippen LogP contribution in [-0.2, 0) is 14.3 Å². The summed E-state index contributed by atoms with van der Waals surface area (Å²) in [4.78, 5) is 37.3. The van der Waals surface area contributed by atoms with E-state index in [2.05, 4.69) is 5.43 Å². The zero-order valence-electron chi connectivity index (χ0n) is 13.3. The Balaban J connectivity index is 2.85. The summed E-state index contributed by atoms with van der Waals surface area (Å²) in [6.45, 7) is 0.565. The summed E-state index contributed by atoms with van der Waals surface area (Å²) in [5.41, 5.74) is 2.15. The van der Waals surface area contributed by atoms with Crippen molar-refractivity contribution in [3.8, 4) is 0 Å². The van der Waals surface area contributed by atoms with Crippen LogP contribution in [0.2, 0.25) is 0 Å². The highest BCUT2D eigenvalue weighted by molar-refractivity contribution is 6.68. The first-order chi connectivity index (χ1) is 11.8.